The molecule has 30 aliphatic rings. The molecule has 3 aromatic carbocycles. The number of aliphatic hydroxyl groups excluding tert-OH is 16. The van der Waals surface area contributed by atoms with Gasteiger partial charge in [-0.3, -0.25) is 38.1 Å². The van der Waals surface area contributed by atoms with Crippen molar-refractivity contribution >= 4 is 142 Å². The van der Waals surface area contributed by atoms with Crippen molar-refractivity contribution in [2.45, 2.75) is 291 Å². The van der Waals surface area contributed by atoms with E-state index in [0.717, 1.165) is 82.3 Å². The molecule has 30 heterocycles. The summed E-state index contributed by atoms with van der Waals surface area (Å²) < 4.78 is 125. The largest absolute Gasteiger partial charge is 0.481 e. The van der Waals surface area contributed by atoms with Gasteiger partial charge in [-0.15, -0.1) is 0 Å². The van der Waals surface area contributed by atoms with Crippen molar-refractivity contribution < 1.29 is 236 Å². The number of thioether (sulfide) groups is 7. The second kappa shape index (κ2) is 55.5. The molecule has 3 aromatic rings. The molecule has 0 aliphatic carbocycles. The maximum Gasteiger partial charge on any atom is 0.304 e. The molecule has 56 heteroatoms. The van der Waals surface area contributed by atoms with Gasteiger partial charge in [-0.2, -0.15) is 82.3 Å². The number of ether oxygens (including phenoxy) is 16. The number of rotatable bonds is 41. The Bertz CT molecular complexity index is 4420. The SMILES string of the molecule is O=C(O)CCSC[C@H]1O[C@@H]2O[C@H]3[C@H](O)[C@@H](O)[C@@H](O[C@H]4[C@H](O)[C@@H](O)[C@@H](O[C@H]5[C@H](O)[C@@H](O)[C@@H](O[C@H]6[C@H](O)[C@@H](O)[C@@H](O[C@H]7[C@H](O)[C@@H](O)[C@@H](O[C@H]8[C@H](O)[C@@H](O)[C@@H](O[C@H]9[C@H](O)[C@@H](O)[C@@H](O[C@H]1[C@H](O)[C@H]2O)O[C@@H]9COP(=O)(c1ccccc1)c1cccc(-c2ccccc2)c1)O[C@@H]8CSCCC(=O)O)O[C@@H]7CSCCC(=O)O)O[C@@H]6CSCCC(=O)O)O[C@@H]5CSCCC(=O)O)O[C@@H]4CSCCC(=O)O)O[C@@H]3CSCCC(=O)O. The molecule has 30 saturated heterocycles. The summed E-state index contributed by atoms with van der Waals surface area (Å²) in [6.07, 6.45) is -87.8. The van der Waals surface area contributed by atoms with Gasteiger partial charge in [-0.05, 0) is 35.4 Å². The molecule has 1 unspecified atom stereocenters. The zero-order chi connectivity index (χ0) is 103. The van der Waals surface area contributed by atoms with Crippen LogP contribution in [-0.4, -0.2) is 492 Å². The fraction of sp³-hybridized carbons (Fsp3) is 0.713. The topological polar surface area (TPSA) is 759 Å². The lowest BCUT2D eigenvalue weighted by atomic mass is 9.95. The van der Waals surface area contributed by atoms with E-state index in [9.17, 15) is 151 Å². The van der Waals surface area contributed by atoms with Gasteiger partial charge in [0.25, 0.3) is 7.37 Å². The summed E-state index contributed by atoms with van der Waals surface area (Å²) in [6, 6.07) is 23.1. The van der Waals surface area contributed by atoms with Gasteiger partial charge in [-0.25, -0.2) is 0 Å². The Morgan fingerprint density at radius 3 is 0.622 bits per heavy atom. The van der Waals surface area contributed by atoms with Crippen LogP contribution in [0.2, 0.25) is 0 Å². The van der Waals surface area contributed by atoms with E-state index in [1.54, 1.807) is 66.7 Å². The number of aliphatic hydroxyl groups is 16. The zero-order valence-electron chi connectivity index (χ0n) is 76.0. The summed E-state index contributed by atoms with van der Waals surface area (Å²) in [7, 11) is -4.51. The Labute approximate surface area is 846 Å². The van der Waals surface area contributed by atoms with Crippen LogP contribution in [-0.2, 0) is 118 Å². The van der Waals surface area contributed by atoms with E-state index in [2.05, 4.69) is 0 Å². The van der Waals surface area contributed by atoms with E-state index in [1.807, 2.05) is 0 Å². The number of carboxylic acids is 7. The van der Waals surface area contributed by atoms with Crippen molar-refractivity contribution in [2.24, 2.45) is 0 Å². The first-order valence-corrected chi connectivity index (χ1v) is 55.3. The molecule has 0 radical (unpaired) electrons. The van der Waals surface area contributed by atoms with Gasteiger partial charge in [0.2, 0.25) is 0 Å². The van der Waals surface area contributed by atoms with Crippen molar-refractivity contribution in [3.63, 3.8) is 0 Å². The predicted molar refractivity (Wildman–Crippen MR) is 503 cm³/mol. The van der Waals surface area contributed by atoms with Crippen molar-refractivity contribution in [2.75, 3.05) is 87.1 Å². The zero-order valence-corrected chi connectivity index (χ0v) is 82.6. The second-order valence-corrected chi connectivity index (χ2v) is 45.1. The average Bonchev–Trinajstić information content (AvgIpc) is 0.768. The van der Waals surface area contributed by atoms with E-state index in [-0.39, 0.29) is 56.6 Å². The number of carbonyl (C=O) groups is 7. The van der Waals surface area contributed by atoms with E-state index in [1.165, 1.54) is 18.2 Å². The Hall–Kier alpha value is -4.69. The molecule has 16 bridgehead atoms. The van der Waals surface area contributed by atoms with Gasteiger partial charge in [0.05, 0.1) is 94.3 Å². The van der Waals surface area contributed by atoms with Crippen LogP contribution in [0.5, 0.6) is 0 Å². The quantitative estimate of drug-likeness (QED) is 0.0189. The second-order valence-electron chi connectivity index (χ2n) is 34.6. The van der Waals surface area contributed by atoms with E-state index < -0.39 is 381 Å². The van der Waals surface area contributed by atoms with Crippen LogP contribution in [0.3, 0.4) is 0 Å². The summed E-state index contributed by atoms with van der Waals surface area (Å²) in [6.45, 7) is -0.985. The minimum absolute atomic E-state index is 0.0805. The molecule has 48 nitrogen and oxygen atoms in total. The van der Waals surface area contributed by atoms with Gasteiger partial charge < -0.3 is 198 Å². The average molecular weight is 2190 g/mol. The number of aliphatic carboxylic acids is 7. The van der Waals surface area contributed by atoms with E-state index in [4.69, 9.17) is 80.3 Å². The van der Waals surface area contributed by atoms with Crippen LogP contribution in [0.4, 0.5) is 0 Å². The smallest absolute Gasteiger partial charge is 0.304 e. The highest BCUT2D eigenvalue weighted by Gasteiger charge is 2.62. The lowest BCUT2D eigenvalue weighted by Crippen LogP contribution is -2.69. The van der Waals surface area contributed by atoms with Crippen molar-refractivity contribution in [3.8, 4) is 11.1 Å². The third-order valence-corrected chi connectivity index (χ3v) is 34.3. The summed E-state index contributed by atoms with van der Waals surface area (Å²) >= 11 is 6.13. The first-order chi connectivity index (χ1) is 68.2. The van der Waals surface area contributed by atoms with Crippen molar-refractivity contribution in [1.29, 1.82) is 0 Å². The standard InChI is InChI=1S/C87H121O48PS7/c88-49(89)14-21-137-30-42-73-58(104)66(112)82(122-42)131-75-44(32-139-23-16-51(92)93)124-84(68(114)60(75)106)133-77-46(34-141-25-18-53(96)97)126-86(70(116)62(77)108)135-79-48(36-143-27-20-55(100)101)127-87(71(117)63(79)109)134-78-47(35-142-26-19-54(98)99)125-85(69(115)61(78)107)132-76-45(33-140-24-17-52(94)95)123-83(67(113)59(76)105)130-74-43(31-138-22-15-50(90)91)121-81(65(111)57(74)103)128-72-41(120-80(129-73)64(110)56(72)102)29-119-136(118,39-11-5-2-6-12-39)40-13-7-10-38(28-40)37-8-3-1-4-9-37/h1-13,28,41-48,56-87,102-117H,14-27,29-36H2,(H,88,89)(H,90,91)(H,92,93)(H,94,95)(H,96,97)(H,98,99)(H,100,101)/t41-,42-,43-,44-,45-,46-,47-,48-,56-,57-,58-,59-,60-,61-,62-,63-,64-,65-,66-,67-,68-,69-,70-,71-,72-,73-,74-,75-,76-,77-,78-,79-,80-,81-,82-,83-,84-,85-,86-,87-,136?/m1/s1. The van der Waals surface area contributed by atoms with Crippen LogP contribution in [0.15, 0.2) is 84.9 Å². The molecule has 23 N–H and O–H groups in total. The minimum Gasteiger partial charge on any atom is -0.481 e. The molecule has 804 valence electrons. The third kappa shape index (κ3) is 31.1. The summed E-state index contributed by atoms with van der Waals surface area (Å²) in [5.74, 6) is -12.9. The van der Waals surface area contributed by atoms with Crippen LogP contribution < -0.4 is 10.6 Å². The summed E-state index contributed by atoms with van der Waals surface area (Å²) in [5.41, 5.74) is 1.24. The van der Waals surface area contributed by atoms with E-state index >= 15 is 4.57 Å². The summed E-state index contributed by atoms with van der Waals surface area (Å²) in [4.78, 5) is 83.5. The van der Waals surface area contributed by atoms with Crippen molar-refractivity contribution in [1.82, 2.24) is 0 Å². The fourth-order valence-electron chi connectivity index (χ4n) is 16.9. The maximum atomic E-state index is 16.3. The van der Waals surface area contributed by atoms with Crippen molar-refractivity contribution in [3.05, 3.63) is 84.9 Å². The first kappa shape index (κ1) is 117. The predicted octanol–water partition coefficient (Wildman–Crippen LogP) is -4.28. The summed E-state index contributed by atoms with van der Waals surface area (Å²) in [5, 5.41) is 267. The molecule has 30 fully saturated rings. The Kier molecular flexibility index (Phi) is 45.4. The highest BCUT2D eigenvalue weighted by atomic mass is 32.2. The molecule has 0 amide bonds. The van der Waals surface area contributed by atoms with Gasteiger partial charge in [0, 0.05) is 91.1 Å². The molecule has 0 aromatic heterocycles. The maximum absolute atomic E-state index is 16.3. The number of hydrogen-bond donors (Lipinski definition) is 23. The van der Waals surface area contributed by atoms with E-state index in [0.29, 0.717) is 11.1 Å². The third-order valence-electron chi connectivity index (χ3n) is 24.5. The van der Waals surface area contributed by atoms with Gasteiger partial charge in [0.1, 0.15) is 153 Å². The highest BCUT2D eigenvalue weighted by Crippen LogP contribution is 2.48. The monoisotopic (exact) mass is 2190 g/mol. The molecule has 0 saturated carbocycles. The first-order valence-electron chi connectivity index (χ1n) is 45.6. The highest BCUT2D eigenvalue weighted by molar-refractivity contribution is 8.00. The number of carboxylic acid groups (broad SMARTS) is 7. The molecular weight excluding hydrogens is 2070 g/mol. The Balaban J connectivity index is 0.941. The minimum atomic E-state index is -4.51. The molecule has 143 heavy (non-hydrogen) atoms. The molecule has 0 spiro atoms. The van der Waals surface area contributed by atoms with Gasteiger partial charge in [-0.1, -0.05) is 60.7 Å². The lowest BCUT2D eigenvalue weighted by molar-refractivity contribution is -0.397. The Morgan fingerprint density at radius 2 is 0.413 bits per heavy atom. The van der Waals surface area contributed by atoms with Crippen LogP contribution in [0.1, 0.15) is 44.9 Å². The van der Waals surface area contributed by atoms with Crippen LogP contribution in [0, 0.1) is 0 Å². The molecule has 41 atom stereocenters. The normalized spacial score (nSPS) is 38.8. The molecule has 33 rings (SSSR count). The number of hydrogen-bond acceptors (Lipinski definition) is 48. The molecule has 30 aliphatic heterocycles. The Morgan fingerprint density at radius 1 is 0.231 bits per heavy atom. The fourth-order valence-corrected chi connectivity index (χ4v) is 25.9. The lowest BCUT2D eigenvalue weighted by Gasteiger charge is -2.51. The number of benzene rings is 3. The van der Waals surface area contributed by atoms with Gasteiger partial charge in [0.15, 0.2) is 50.3 Å². The van der Waals surface area contributed by atoms with Crippen LogP contribution in [0.25, 0.3) is 11.1 Å². The van der Waals surface area contributed by atoms with Gasteiger partial charge >= 0.3 is 41.8 Å². The van der Waals surface area contributed by atoms with Crippen LogP contribution >= 0.6 is 89.7 Å². The molecular formula is C87H121O48PS7.